The molecular weight excluding hydrogens is 1590 g/mol. The van der Waals surface area contributed by atoms with Gasteiger partial charge >= 0.3 is 115 Å². The Kier molecular flexibility index (Phi) is 32.5. The van der Waals surface area contributed by atoms with Crippen molar-refractivity contribution in [3.8, 4) is 0 Å². The van der Waals surface area contributed by atoms with Crippen LogP contribution >= 0.6 is 0 Å². The minimum absolute atomic E-state index is 0. The number of sulfonamides is 2. The molecule has 2 heterocycles. The number of piperidine rings is 2. The molecule has 4 amide bonds. The van der Waals surface area contributed by atoms with Crippen molar-refractivity contribution in [3.63, 3.8) is 0 Å². The van der Waals surface area contributed by atoms with Gasteiger partial charge in [0.1, 0.15) is 0 Å². The number of aromatic carboxylic acids is 2. The van der Waals surface area contributed by atoms with Crippen molar-refractivity contribution in [2.45, 2.75) is 163 Å². The van der Waals surface area contributed by atoms with Crippen LogP contribution in [0.15, 0.2) is 192 Å². The van der Waals surface area contributed by atoms with Crippen LogP contribution in [0.5, 0.6) is 0 Å². The Balaban J connectivity index is 0.000000228. The molecule has 118 heavy (non-hydrogen) atoms. The summed E-state index contributed by atoms with van der Waals surface area (Å²) in [4.78, 5) is 105. The second kappa shape index (κ2) is 42.1. The van der Waals surface area contributed by atoms with Crippen molar-refractivity contribution >= 4 is 102 Å². The third kappa shape index (κ3) is 24.3. The van der Waals surface area contributed by atoms with Gasteiger partial charge in [0.15, 0.2) is 0 Å². The van der Waals surface area contributed by atoms with E-state index in [1.54, 1.807) is 72.8 Å². The molecule has 8 aromatic rings. The first-order chi connectivity index (χ1) is 55.9. The normalized spacial score (nSPS) is 18.1. The number of hydrogen-bond acceptors (Lipinski definition) is 16. The molecular formula is C90H98K2N8O16S2. The molecule has 6 aliphatic rings. The van der Waals surface area contributed by atoms with E-state index in [0.717, 1.165) is 124 Å². The Hall–Kier alpha value is -7.79. The topological polar surface area (TPSA) is 352 Å². The number of carbonyl (C=O) groups is 8. The Morgan fingerprint density at radius 1 is 0.364 bits per heavy atom. The number of anilines is 6. The molecule has 4 saturated carbocycles. The SMILES string of the molecule is O=C([O-])c1ccc(CCc2ccc(NC(=O)c3cc(N4CCCCC4)ccc3NC(=O)c3cccc(S(=O)(=O)N(CC4CC4)C4CCC(C(=O)O)CC4)c3)cc2)cc1.O=C([O-])c1ccc(CCc2ccc(NC(=O)c3cc(N4CCCCC4)ccc3NC(=O)c3cccc(S(=O)(=O)N(CC4CC4)C4CCC(C(=O)O)CC4)c3)cc2)cc1.[K+].[K+]. The predicted octanol–water partition coefficient (Wildman–Crippen LogP) is 6.76. The molecule has 8 aromatic carbocycles. The number of amides is 4. The zero-order chi connectivity index (χ0) is 81.6. The molecule has 6 fully saturated rings. The molecule has 0 radical (unpaired) electrons. The fourth-order valence-electron chi connectivity index (χ4n) is 15.9. The molecule has 0 bridgehead atoms. The largest absolute Gasteiger partial charge is 1.00 e. The summed E-state index contributed by atoms with van der Waals surface area (Å²) in [7, 11) is -8.02. The van der Waals surface area contributed by atoms with Crippen LogP contribution in [0.1, 0.15) is 200 Å². The minimum atomic E-state index is -4.01. The molecule has 0 spiro atoms. The van der Waals surface area contributed by atoms with Gasteiger partial charge in [-0.3, -0.25) is 28.8 Å². The number of carboxylic acids is 4. The molecule has 0 unspecified atom stereocenters. The van der Waals surface area contributed by atoms with Gasteiger partial charge in [0.05, 0.1) is 56.1 Å². The van der Waals surface area contributed by atoms with Crippen molar-refractivity contribution in [3.05, 3.63) is 238 Å². The van der Waals surface area contributed by atoms with Crippen LogP contribution in [-0.4, -0.2) is 135 Å². The third-order valence-corrected chi connectivity index (χ3v) is 27.1. The maximum atomic E-state index is 14.2. The number of nitrogens with zero attached hydrogens (tertiary/aromatic N) is 4. The average molecular weight is 1690 g/mol. The monoisotopic (exact) mass is 1690 g/mol. The number of carboxylic acid groups (broad SMARTS) is 4. The number of rotatable bonds is 30. The smallest absolute Gasteiger partial charge is 0.545 e. The second-order valence-electron chi connectivity index (χ2n) is 31.5. The molecule has 28 heteroatoms. The zero-order valence-electron chi connectivity index (χ0n) is 66.8. The van der Waals surface area contributed by atoms with Gasteiger partial charge in [0, 0.05) is 85.2 Å². The Bertz CT molecular complexity index is 4820. The molecule has 608 valence electrons. The van der Waals surface area contributed by atoms with E-state index in [1.807, 2.05) is 60.7 Å². The molecule has 14 rings (SSSR count). The Morgan fingerprint density at radius 2 is 0.686 bits per heavy atom. The van der Waals surface area contributed by atoms with Crippen LogP contribution in [0.4, 0.5) is 34.1 Å². The van der Waals surface area contributed by atoms with Crippen LogP contribution in [0.25, 0.3) is 0 Å². The van der Waals surface area contributed by atoms with E-state index in [2.05, 4.69) is 31.1 Å². The van der Waals surface area contributed by atoms with Crippen molar-refractivity contribution in [2.24, 2.45) is 23.7 Å². The first-order valence-electron chi connectivity index (χ1n) is 40.4. The van der Waals surface area contributed by atoms with Crippen LogP contribution in [0.3, 0.4) is 0 Å². The third-order valence-electron chi connectivity index (χ3n) is 23.2. The van der Waals surface area contributed by atoms with Crippen molar-refractivity contribution in [1.82, 2.24) is 8.61 Å². The average Bonchev–Trinajstić information content (AvgIpc) is 1.33. The minimum Gasteiger partial charge on any atom is -0.545 e. The summed E-state index contributed by atoms with van der Waals surface area (Å²) in [5.41, 5.74) is 8.52. The van der Waals surface area contributed by atoms with Crippen molar-refractivity contribution in [2.75, 3.05) is 70.3 Å². The van der Waals surface area contributed by atoms with Gasteiger partial charge in [-0.05, 0) is 284 Å². The van der Waals surface area contributed by atoms with E-state index in [-0.39, 0.29) is 181 Å². The zero-order valence-corrected chi connectivity index (χ0v) is 74.7. The summed E-state index contributed by atoms with van der Waals surface area (Å²) in [6, 6.07) is 50.2. The van der Waals surface area contributed by atoms with E-state index in [9.17, 15) is 75.6 Å². The van der Waals surface area contributed by atoms with Crippen molar-refractivity contribution in [1.29, 1.82) is 0 Å². The molecule has 0 aromatic heterocycles. The summed E-state index contributed by atoms with van der Waals surface area (Å²) in [5.74, 6) is -6.48. The van der Waals surface area contributed by atoms with Crippen LogP contribution < -0.4 is 144 Å². The Labute approximate surface area is 774 Å². The number of hydrogen-bond donors (Lipinski definition) is 6. The molecule has 2 saturated heterocycles. The fraction of sp³-hybridized carbons (Fsp3) is 0.378. The van der Waals surface area contributed by atoms with E-state index < -0.39 is 79.4 Å². The van der Waals surface area contributed by atoms with Crippen LogP contribution in [0.2, 0.25) is 0 Å². The van der Waals surface area contributed by atoms with Crippen LogP contribution in [-0.2, 0) is 55.3 Å². The van der Waals surface area contributed by atoms with Crippen LogP contribution in [0, 0.1) is 23.7 Å². The predicted molar refractivity (Wildman–Crippen MR) is 439 cm³/mol. The molecule has 4 aliphatic carbocycles. The van der Waals surface area contributed by atoms with E-state index in [4.69, 9.17) is 0 Å². The van der Waals surface area contributed by atoms with Gasteiger partial charge in [0.25, 0.3) is 23.6 Å². The maximum Gasteiger partial charge on any atom is 1.00 e. The number of benzene rings is 8. The quantitative estimate of drug-likeness (QED) is 0.0253. The van der Waals surface area contributed by atoms with Crippen molar-refractivity contribution < 1.29 is 178 Å². The second-order valence-corrected chi connectivity index (χ2v) is 35.3. The van der Waals surface area contributed by atoms with E-state index in [0.29, 0.717) is 102 Å². The maximum absolute atomic E-state index is 14.2. The Morgan fingerprint density at radius 3 is 0.992 bits per heavy atom. The molecule has 0 atom stereocenters. The van der Waals surface area contributed by atoms with Gasteiger partial charge in [-0.2, -0.15) is 8.61 Å². The first-order valence-corrected chi connectivity index (χ1v) is 43.3. The fourth-order valence-corrected chi connectivity index (χ4v) is 19.5. The van der Waals surface area contributed by atoms with Gasteiger partial charge in [0.2, 0.25) is 20.0 Å². The number of carbonyl (C=O) groups excluding carboxylic acids is 6. The summed E-state index contributed by atoms with van der Waals surface area (Å²) < 4.78 is 59.9. The van der Waals surface area contributed by atoms with Gasteiger partial charge in [-0.25, -0.2) is 16.8 Å². The van der Waals surface area contributed by atoms with E-state index >= 15 is 0 Å². The molecule has 2 aliphatic heterocycles. The molecule has 24 nitrogen and oxygen atoms in total. The number of aryl methyl sites for hydroxylation is 4. The van der Waals surface area contributed by atoms with Gasteiger partial charge in [-0.1, -0.05) is 84.9 Å². The summed E-state index contributed by atoms with van der Waals surface area (Å²) >= 11 is 0. The first kappa shape index (κ1) is 91.0. The summed E-state index contributed by atoms with van der Waals surface area (Å²) in [5, 5.41) is 52.8. The van der Waals surface area contributed by atoms with Gasteiger partial charge < -0.3 is 61.1 Å². The number of nitrogens with one attached hydrogen (secondary N) is 4. The van der Waals surface area contributed by atoms with E-state index in [1.165, 1.54) is 57.1 Å². The standard InChI is InChI=1S/2C45H50N4O8S.2K/c2*50-42(35-5-4-6-39(27-35)58(56,57)49(29-32-9-10-32)37-21-17-34(18-22-37)45(54)55)47-41-24-23-38(48-25-2-1-3-26-48)28-40(41)43(51)46-36-19-13-31(14-20-36)8-7-30-11-15-33(16-12-30)44(52)53;;/h2*4-6,11-16,19-20,23-24,27-28,32,34,37H,1-3,7-10,17-18,21-22,25-26,29H2,(H,46,51)(H,47,50)(H,52,53)(H,54,55);;/q;;2*+1/p-2. The summed E-state index contributed by atoms with van der Waals surface area (Å²) in [6.07, 6.45) is 16.6. The molecule has 6 N–H and O–H groups in total. The van der Waals surface area contributed by atoms with Gasteiger partial charge in [-0.15, -0.1) is 0 Å². The number of aliphatic carboxylic acids is 2. The summed E-state index contributed by atoms with van der Waals surface area (Å²) in [6.45, 7) is 4.16.